The molecule has 0 N–H and O–H groups in total. The Morgan fingerprint density at radius 2 is 1.55 bits per heavy atom. The van der Waals surface area contributed by atoms with E-state index in [1.807, 2.05) is 0 Å². The smallest absolute Gasteiger partial charge is 0.346 e. The SMILES string of the molecule is CCCOc1ccc(OC(=O)c2ccc(C3=CCC(c4ccc(C)c(F)c4F)CC3)c(F)c2F)c(F)c1F. The molecule has 0 fully saturated rings. The first-order chi connectivity index (χ1) is 18.1. The number of benzene rings is 3. The number of carbonyl (C=O) groups is 1. The minimum Gasteiger partial charge on any atom is -0.490 e. The molecular weight excluding hydrogens is 510 g/mol. The summed E-state index contributed by atoms with van der Waals surface area (Å²) in [5, 5.41) is 0. The number of allylic oxidation sites excluding steroid dienone is 2. The van der Waals surface area contributed by atoms with Gasteiger partial charge in [-0.15, -0.1) is 0 Å². The van der Waals surface area contributed by atoms with Gasteiger partial charge >= 0.3 is 5.97 Å². The summed E-state index contributed by atoms with van der Waals surface area (Å²) in [4.78, 5) is 12.4. The summed E-state index contributed by atoms with van der Waals surface area (Å²) in [6.45, 7) is 3.39. The third-order valence-corrected chi connectivity index (χ3v) is 6.48. The fraction of sp³-hybridized carbons (Fsp3) is 0.276. The van der Waals surface area contributed by atoms with Crippen LogP contribution in [0.1, 0.15) is 65.6 Å². The minimum atomic E-state index is -1.51. The maximum absolute atomic E-state index is 15.0. The number of rotatable bonds is 7. The fourth-order valence-corrected chi connectivity index (χ4v) is 4.36. The van der Waals surface area contributed by atoms with Gasteiger partial charge in [-0.3, -0.25) is 0 Å². The largest absolute Gasteiger partial charge is 0.490 e. The lowest BCUT2D eigenvalue weighted by Gasteiger charge is -2.23. The van der Waals surface area contributed by atoms with Crippen molar-refractivity contribution in [2.45, 2.75) is 45.4 Å². The molecule has 0 saturated carbocycles. The maximum atomic E-state index is 15.0. The van der Waals surface area contributed by atoms with Crippen LogP contribution < -0.4 is 9.47 Å². The molecule has 0 spiro atoms. The lowest BCUT2D eigenvalue weighted by atomic mass is 9.82. The Morgan fingerprint density at radius 3 is 2.24 bits per heavy atom. The summed E-state index contributed by atoms with van der Waals surface area (Å²) in [6, 6.07) is 7.22. The van der Waals surface area contributed by atoms with E-state index in [-0.39, 0.29) is 47.8 Å². The Hall–Kier alpha value is -3.75. The summed E-state index contributed by atoms with van der Waals surface area (Å²) in [5.74, 6) is -10.4. The zero-order chi connectivity index (χ0) is 27.6. The number of carbonyl (C=O) groups excluding carboxylic acids is 1. The highest BCUT2D eigenvalue weighted by Gasteiger charge is 2.27. The molecule has 0 heterocycles. The molecule has 4 rings (SSSR count). The number of ether oxygens (including phenoxy) is 2. The van der Waals surface area contributed by atoms with Crippen molar-refractivity contribution in [2.24, 2.45) is 0 Å². The highest BCUT2D eigenvalue weighted by atomic mass is 19.2. The van der Waals surface area contributed by atoms with Gasteiger partial charge < -0.3 is 9.47 Å². The van der Waals surface area contributed by atoms with Crippen LogP contribution in [0.5, 0.6) is 11.5 Å². The van der Waals surface area contributed by atoms with Crippen LogP contribution in [0.15, 0.2) is 42.5 Å². The van der Waals surface area contributed by atoms with E-state index in [0.717, 1.165) is 18.2 Å². The Bertz CT molecular complexity index is 1420. The topological polar surface area (TPSA) is 35.5 Å². The van der Waals surface area contributed by atoms with Crippen molar-refractivity contribution in [1.29, 1.82) is 0 Å². The van der Waals surface area contributed by atoms with Crippen LogP contribution in [-0.4, -0.2) is 12.6 Å². The molecule has 38 heavy (non-hydrogen) atoms. The van der Waals surface area contributed by atoms with Gasteiger partial charge in [0.2, 0.25) is 11.6 Å². The molecule has 3 aromatic carbocycles. The quantitative estimate of drug-likeness (QED) is 0.174. The van der Waals surface area contributed by atoms with Crippen molar-refractivity contribution in [3.05, 3.63) is 99.6 Å². The van der Waals surface area contributed by atoms with E-state index >= 15 is 0 Å². The highest BCUT2D eigenvalue weighted by molar-refractivity contribution is 5.92. The van der Waals surface area contributed by atoms with Gasteiger partial charge in [0.05, 0.1) is 12.2 Å². The van der Waals surface area contributed by atoms with Crippen molar-refractivity contribution in [2.75, 3.05) is 6.61 Å². The third kappa shape index (κ3) is 5.28. The van der Waals surface area contributed by atoms with Crippen molar-refractivity contribution in [3.63, 3.8) is 0 Å². The molecule has 0 amide bonds. The fourth-order valence-electron chi connectivity index (χ4n) is 4.36. The lowest BCUT2D eigenvalue weighted by Crippen LogP contribution is -2.14. The Kier molecular flexibility index (Phi) is 8.14. The Morgan fingerprint density at radius 1 is 0.842 bits per heavy atom. The van der Waals surface area contributed by atoms with Gasteiger partial charge in [0.15, 0.2) is 34.8 Å². The molecule has 1 aliphatic rings. The Balaban J connectivity index is 1.52. The van der Waals surface area contributed by atoms with E-state index in [2.05, 4.69) is 0 Å². The summed E-state index contributed by atoms with van der Waals surface area (Å²) < 4.78 is 96.5. The van der Waals surface area contributed by atoms with Gasteiger partial charge in [-0.2, -0.15) is 8.78 Å². The van der Waals surface area contributed by atoms with Gasteiger partial charge in [-0.05, 0) is 73.4 Å². The molecule has 0 aromatic heterocycles. The van der Waals surface area contributed by atoms with E-state index in [4.69, 9.17) is 9.47 Å². The summed E-state index contributed by atoms with van der Waals surface area (Å²) in [5.41, 5.74) is -0.0324. The summed E-state index contributed by atoms with van der Waals surface area (Å²) in [7, 11) is 0. The second-order valence-corrected chi connectivity index (χ2v) is 9.02. The zero-order valence-corrected chi connectivity index (χ0v) is 20.6. The van der Waals surface area contributed by atoms with Gasteiger partial charge in [0.1, 0.15) is 0 Å². The Labute approximate surface area is 215 Å². The lowest BCUT2D eigenvalue weighted by molar-refractivity contribution is 0.0720. The van der Waals surface area contributed by atoms with E-state index in [1.54, 1.807) is 13.0 Å². The molecule has 3 nitrogen and oxygen atoms in total. The summed E-state index contributed by atoms with van der Waals surface area (Å²) in [6.07, 6.45) is 3.10. The molecule has 0 bridgehead atoms. The second-order valence-electron chi connectivity index (χ2n) is 9.02. The van der Waals surface area contributed by atoms with Gasteiger partial charge in [-0.25, -0.2) is 22.4 Å². The monoisotopic (exact) mass is 534 g/mol. The molecule has 1 unspecified atom stereocenters. The molecule has 200 valence electrons. The number of hydrogen-bond acceptors (Lipinski definition) is 3. The number of esters is 1. The van der Waals surface area contributed by atoms with Crippen LogP contribution in [0, 0.1) is 41.8 Å². The van der Waals surface area contributed by atoms with E-state index in [9.17, 15) is 31.1 Å². The number of aryl methyl sites for hydroxylation is 1. The van der Waals surface area contributed by atoms with Gasteiger partial charge in [0.25, 0.3) is 0 Å². The first-order valence-electron chi connectivity index (χ1n) is 12.1. The van der Waals surface area contributed by atoms with Crippen molar-refractivity contribution >= 4 is 11.5 Å². The predicted octanol–water partition coefficient (Wildman–Crippen LogP) is 8.19. The van der Waals surface area contributed by atoms with Crippen LogP contribution in [0.3, 0.4) is 0 Å². The van der Waals surface area contributed by atoms with Crippen LogP contribution in [0.4, 0.5) is 26.3 Å². The maximum Gasteiger partial charge on any atom is 0.346 e. The molecule has 1 aliphatic carbocycles. The normalized spacial score (nSPS) is 15.3. The van der Waals surface area contributed by atoms with Crippen LogP contribution in [-0.2, 0) is 0 Å². The van der Waals surface area contributed by atoms with Gasteiger partial charge in [0, 0.05) is 5.56 Å². The van der Waals surface area contributed by atoms with E-state index in [0.29, 0.717) is 18.4 Å². The summed E-state index contributed by atoms with van der Waals surface area (Å²) >= 11 is 0. The predicted molar refractivity (Wildman–Crippen MR) is 129 cm³/mol. The molecule has 9 heteroatoms. The molecule has 3 aromatic rings. The van der Waals surface area contributed by atoms with Crippen molar-refractivity contribution in [3.8, 4) is 11.5 Å². The zero-order valence-electron chi connectivity index (χ0n) is 20.6. The number of halogens is 6. The molecule has 0 aliphatic heterocycles. The van der Waals surface area contributed by atoms with Crippen molar-refractivity contribution in [1.82, 2.24) is 0 Å². The second kappa shape index (κ2) is 11.3. The first kappa shape index (κ1) is 27.3. The molecule has 0 radical (unpaired) electrons. The molecule has 1 atom stereocenters. The van der Waals surface area contributed by atoms with Crippen molar-refractivity contribution < 1.29 is 40.6 Å². The number of hydrogen-bond donors (Lipinski definition) is 0. The highest BCUT2D eigenvalue weighted by Crippen LogP contribution is 2.39. The minimum absolute atomic E-state index is 0.0947. The average molecular weight is 534 g/mol. The van der Waals surface area contributed by atoms with Crippen LogP contribution >= 0.6 is 0 Å². The van der Waals surface area contributed by atoms with E-state index in [1.165, 1.54) is 25.1 Å². The first-order valence-corrected chi connectivity index (χ1v) is 12.1. The van der Waals surface area contributed by atoms with Crippen LogP contribution in [0.25, 0.3) is 5.57 Å². The third-order valence-electron chi connectivity index (χ3n) is 6.48. The van der Waals surface area contributed by atoms with Crippen LogP contribution in [0.2, 0.25) is 0 Å². The van der Waals surface area contributed by atoms with Gasteiger partial charge in [-0.1, -0.05) is 31.2 Å². The molecular formula is C29H24F6O3. The van der Waals surface area contributed by atoms with E-state index < -0.39 is 52.2 Å². The molecule has 0 saturated heterocycles. The average Bonchev–Trinajstić information content (AvgIpc) is 2.91. The standard InChI is InChI=1S/C29H24F6O3/c1-3-14-37-21-12-13-22(28(35)27(21)34)38-29(36)20-11-10-19(25(32)26(20)33)17-7-5-16(6-8-17)18-9-4-15(2)23(30)24(18)31/h4,7,9-13,16H,3,5-6,8,14H2,1-2H3.